The van der Waals surface area contributed by atoms with Crippen molar-refractivity contribution in [1.82, 2.24) is 0 Å². The lowest BCUT2D eigenvalue weighted by molar-refractivity contribution is 0.0885. The third-order valence-electron chi connectivity index (χ3n) is 2.50. The monoisotopic (exact) mass is 240 g/mol. The standard InChI is InChI=1S/C13H20O4/c1-3-17-12-7-5-10(8-13(12)16-2)4-6-11(15)9-14/h5,7-8,11,14-15H,3-4,6,9H2,1-2H3. The number of hydrogen-bond acceptors (Lipinski definition) is 4. The van der Waals surface area contributed by atoms with Gasteiger partial charge in [-0.2, -0.15) is 0 Å². The molecule has 0 amide bonds. The van der Waals surface area contributed by atoms with Crippen LogP contribution in [0.3, 0.4) is 0 Å². The van der Waals surface area contributed by atoms with E-state index in [0.29, 0.717) is 25.2 Å². The van der Waals surface area contributed by atoms with Gasteiger partial charge in [-0.1, -0.05) is 6.07 Å². The summed E-state index contributed by atoms with van der Waals surface area (Å²) in [5, 5.41) is 18.0. The molecule has 1 atom stereocenters. The van der Waals surface area contributed by atoms with E-state index in [1.54, 1.807) is 7.11 Å². The number of methoxy groups -OCH3 is 1. The largest absolute Gasteiger partial charge is 0.493 e. The molecule has 0 fully saturated rings. The fourth-order valence-electron chi connectivity index (χ4n) is 1.57. The molecule has 0 radical (unpaired) electrons. The summed E-state index contributed by atoms with van der Waals surface area (Å²) < 4.78 is 10.7. The summed E-state index contributed by atoms with van der Waals surface area (Å²) in [5.74, 6) is 1.42. The minimum atomic E-state index is -0.660. The molecule has 0 aliphatic carbocycles. The summed E-state index contributed by atoms with van der Waals surface area (Å²) in [6, 6.07) is 5.70. The van der Waals surface area contributed by atoms with E-state index >= 15 is 0 Å². The summed E-state index contributed by atoms with van der Waals surface area (Å²) in [6.45, 7) is 2.32. The van der Waals surface area contributed by atoms with Gasteiger partial charge in [0.2, 0.25) is 0 Å². The number of aliphatic hydroxyl groups excluding tert-OH is 2. The first-order valence-corrected chi connectivity index (χ1v) is 5.79. The number of benzene rings is 1. The lowest BCUT2D eigenvalue weighted by Gasteiger charge is -2.12. The maximum Gasteiger partial charge on any atom is 0.161 e. The lowest BCUT2D eigenvalue weighted by atomic mass is 10.1. The molecule has 4 heteroatoms. The number of aryl methyl sites for hydroxylation is 1. The van der Waals surface area contributed by atoms with Gasteiger partial charge < -0.3 is 19.7 Å². The van der Waals surface area contributed by atoms with Crippen LogP contribution in [0, 0.1) is 0 Å². The van der Waals surface area contributed by atoms with Crippen LogP contribution in [0.4, 0.5) is 0 Å². The molecule has 0 aliphatic rings. The molecule has 0 saturated heterocycles. The van der Waals surface area contributed by atoms with Crippen LogP contribution in [0.2, 0.25) is 0 Å². The molecule has 0 heterocycles. The number of ether oxygens (including phenoxy) is 2. The zero-order valence-corrected chi connectivity index (χ0v) is 10.3. The van der Waals surface area contributed by atoms with E-state index in [0.717, 1.165) is 11.3 Å². The molecular weight excluding hydrogens is 220 g/mol. The van der Waals surface area contributed by atoms with E-state index in [1.165, 1.54) is 0 Å². The van der Waals surface area contributed by atoms with Crippen LogP contribution in [0.15, 0.2) is 18.2 Å². The van der Waals surface area contributed by atoms with Crippen molar-refractivity contribution in [3.63, 3.8) is 0 Å². The summed E-state index contributed by atoms with van der Waals surface area (Å²) in [7, 11) is 1.60. The van der Waals surface area contributed by atoms with E-state index in [9.17, 15) is 5.11 Å². The van der Waals surface area contributed by atoms with Gasteiger partial charge >= 0.3 is 0 Å². The van der Waals surface area contributed by atoms with Crippen LogP contribution in [0.25, 0.3) is 0 Å². The Morgan fingerprint density at radius 3 is 2.65 bits per heavy atom. The van der Waals surface area contributed by atoms with Crippen molar-refractivity contribution in [2.45, 2.75) is 25.9 Å². The van der Waals surface area contributed by atoms with E-state index in [-0.39, 0.29) is 6.61 Å². The number of aliphatic hydroxyl groups is 2. The Morgan fingerprint density at radius 1 is 1.29 bits per heavy atom. The van der Waals surface area contributed by atoms with Gasteiger partial charge in [-0.3, -0.25) is 0 Å². The predicted molar refractivity (Wildman–Crippen MR) is 65.6 cm³/mol. The van der Waals surface area contributed by atoms with Crippen LogP contribution < -0.4 is 9.47 Å². The Hall–Kier alpha value is -1.26. The zero-order valence-electron chi connectivity index (χ0n) is 10.3. The van der Waals surface area contributed by atoms with Gasteiger partial charge in [0.1, 0.15) is 0 Å². The van der Waals surface area contributed by atoms with Gasteiger partial charge in [0.25, 0.3) is 0 Å². The van der Waals surface area contributed by atoms with E-state index < -0.39 is 6.10 Å². The van der Waals surface area contributed by atoms with Gasteiger partial charge in [-0.15, -0.1) is 0 Å². The van der Waals surface area contributed by atoms with Crippen molar-refractivity contribution < 1.29 is 19.7 Å². The van der Waals surface area contributed by atoms with Crippen molar-refractivity contribution in [1.29, 1.82) is 0 Å². The Labute approximate surface area is 102 Å². The maximum absolute atomic E-state index is 9.28. The second-order valence-corrected chi connectivity index (χ2v) is 3.79. The molecule has 17 heavy (non-hydrogen) atoms. The van der Waals surface area contributed by atoms with Crippen LogP contribution in [-0.4, -0.2) is 36.6 Å². The summed E-state index contributed by atoms with van der Waals surface area (Å²) >= 11 is 0. The summed E-state index contributed by atoms with van der Waals surface area (Å²) in [5.41, 5.74) is 1.05. The molecule has 0 aliphatic heterocycles. The van der Waals surface area contributed by atoms with Crippen molar-refractivity contribution in [2.75, 3.05) is 20.3 Å². The Morgan fingerprint density at radius 2 is 2.06 bits per heavy atom. The van der Waals surface area contributed by atoms with Crippen LogP contribution in [-0.2, 0) is 6.42 Å². The second kappa shape index (κ2) is 7.14. The van der Waals surface area contributed by atoms with E-state index in [2.05, 4.69) is 0 Å². The third-order valence-corrected chi connectivity index (χ3v) is 2.50. The molecule has 0 bridgehead atoms. The number of rotatable bonds is 7. The van der Waals surface area contributed by atoms with E-state index in [4.69, 9.17) is 14.6 Å². The Kier molecular flexibility index (Phi) is 5.80. The second-order valence-electron chi connectivity index (χ2n) is 3.79. The van der Waals surface area contributed by atoms with Gasteiger partial charge in [0, 0.05) is 0 Å². The van der Waals surface area contributed by atoms with Gasteiger partial charge in [-0.25, -0.2) is 0 Å². The average molecular weight is 240 g/mol. The van der Waals surface area contributed by atoms with Crippen molar-refractivity contribution >= 4 is 0 Å². The lowest BCUT2D eigenvalue weighted by Crippen LogP contribution is -2.12. The molecule has 4 nitrogen and oxygen atoms in total. The summed E-state index contributed by atoms with van der Waals surface area (Å²) in [6.07, 6.45) is 0.575. The highest BCUT2D eigenvalue weighted by molar-refractivity contribution is 5.43. The molecule has 1 aromatic carbocycles. The van der Waals surface area contributed by atoms with Gasteiger partial charge in [0.05, 0.1) is 26.4 Å². The quantitative estimate of drug-likeness (QED) is 0.756. The zero-order chi connectivity index (χ0) is 12.7. The predicted octanol–water partition coefficient (Wildman–Crippen LogP) is 1.38. The highest BCUT2D eigenvalue weighted by atomic mass is 16.5. The molecular formula is C13H20O4. The molecule has 2 N–H and O–H groups in total. The maximum atomic E-state index is 9.28. The van der Waals surface area contributed by atoms with Crippen LogP contribution >= 0.6 is 0 Å². The molecule has 0 spiro atoms. The molecule has 1 rings (SSSR count). The summed E-state index contributed by atoms with van der Waals surface area (Å²) in [4.78, 5) is 0. The topological polar surface area (TPSA) is 58.9 Å². The highest BCUT2D eigenvalue weighted by Crippen LogP contribution is 2.28. The Balaban J connectivity index is 2.68. The van der Waals surface area contributed by atoms with Gasteiger partial charge in [0.15, 0.2) is 11.5 Å². The smallest absolute Gasteiger partial charge is 0.161 e. The SMILES string of the molecule is CCOc1ccc(CCC(O)CO)cc1OC. The van der Waals surface area contributed by atoms with Gasteiger partial charge in [-0.05, 0) is 37.5 Å². The van der Waals surface area contributed by atoms with Crippen LogP contribution in [0.1, 0.15) is 18.9 Å². The fraction of sp³-hybridized carbons (Fsp3) is 0.538. The molecule has 96 valence electrons. The highest BCUT2D eigenvalue weighted by Gasteiger charge is 2.07. The van der Waals surface area contributed by atoms with Crippen LogP contribution in [0.5, 0.6) is 11.5 Å². The Bertz CT molecular complexity index is 338. The number of hydrogen-bond donors (Lipinski definition) is 2. The first-order valence-electron chi connectivity index (χ1n) is 5.79. The first-order chi connectivity index (χ1) is 8.21. The fourth-order valence-corrected chi connectivity index (χ4v) is 1.57. The molecule has 0 saturated carbocycles. The van der Waals surface area contributed by atoms with Crippen molar-refractivity contribution in [3.8, 4) is 11.5 Å². The van der Waals surface area contributed by atoms with Crippen molar-refractivity contribution in [2.24, 2.45) is 0 Å². The van der Waals surface area contributed by atoms with E-state index in [1.807, 2.05) is 25.1 Å². The molecule has 0 aromatic heterocycles. The normalized spacial score (nSPS) is 12.2. The minimum Gasteiger partial charge on any atom is -0.493 e. The third kappa shape index (κ3) is 4.24. The first kappa shape index (κ1) is 13.8. The minimum absolute atomic E-state index is 0.200. The average Bonchev–Trinajstić information content (AvgIpc) is 2.37. The van der Waals surface area contributed by atoms with Crippen molar-refractivity contribution in [3.05, 3.63) is 23.8 Å². The molecule has 1 aromatic rings. The molecule has 1 unspecified atom stereocenters.